The van der Waals surface area contributed by atoms with Gasteiger partial charge in [0, 0.05) is 26.2 Å². The molecule has 0 aromatic carbocycles. The van der Waals surface area contributed by atoms with E-state index in [1.807, 2.05) is 11.4 Å². The Morgan fingerprint density at radius 2 is 1.79 bits per heavy atom. The van der Waals surface area contributed by atoms with E-state index in [9.17, 15) is 14.4 Å². The first-order chi connectivity index (χ1) is 9.08. The van der Waals surface area contributed by atoms with Crippen molar-refractivity contribution in [2.24, 2.45) is 0 Å². The van der Waals surface area contributed by atoms with Gasteiger partial charge < -0.3 is 9.80 Å². The molecule has 1 aliphatic heterocycles. The van der Waals surface area contributed by atoms with E-state index in [4.69, 9.17) is 0 Å². The standard InChI is InChI=1S/C13H16N2O3S/c1-10(16)9-12(17)14-4-6-15(7-5-14)13(18)11-3-2-8-19-11/h2-3,8H,4-7,9H2,1H3. The van der Waals surface area contributed by atoms with Gasteiger partial charge in [0.25, 0.3) is 5.91 Å². The van der Waals surface area contributed by atoms with Crippen molar-refractivity contribution in [1.29, 1.82) is 0 Å². The number of Topliss-reactive ketones (excluding diaryl/α,β-unsaturated/α-hetero) is 1. The van der Waals surface area contributed by atoms with Gasteiger partial charge in [-0.05, 0) is 18.4 Å². The number of carbonyl (C=O) groups is 3. The maximum atomic E-state index is 12.1. The highest BCUT2D eigenvalue weighted by atomic mass is 32.1. The van der Waals surface area contributed by atoms with Crippen LogP contribution >= 0.6 is 11.3 Å². The first-order valence-corrected chi connectivity index (χ1v) is 7.06. The van der Waals surface area contributed by atoms with Crippen LogP contribution in [0.1, 0.15) is 23.0 Å². The van der Waals surface area contributed by atoms with E-state index in [-0.39, 0.29) is 24.0 Å². The average Bonchev–Trinajstić information content (AvgIpc) is 2.91. The van der Waals surface area contributed by atoms with Gasteiger partial charge in [0.2, 0.25) is 5.91 Å². The van der Waals surface area contributed by atoms with E-state index >= 15 is 0 Å². The van der Waals surface area contributed by atoms with Crippen LogP contribution in [0.4, 0.5) is 0 Å². The second kappa shape index (κ2) is 5.97. The molecule has 2 rings (SSSR count). The summed E-state index contributed by atoms with van der Waals surface area (Å²) in [6.07, 6.45) is -0.0428. The SMILES string of the molecule is CC(=O)CC(=O)N1CCN(C(=O)c2cccs2)CC1. The summed E-state index contributed by atoms with van der Waals surface area (Å²) >= 11 is 1.42. The van der Waals surface area contributed by atoms with Gasteiger partial charge in [0.1, 0.15) is 5.78 Å². The molecule has 0 atom stereocenters. The van der Waals surface area contributed by atoms with Crippen molar-refractivity contribution in [3.05, 3.63) is 22.4 Å². The van der Waals surface area contributed by atoms with Crippen LogP contribution in [0.2, 0.25) is 0 Å². The predicted octanol–water partition coefficient (Wildman–Crippen LogP) is 1.01. The monoisotopic (exact) mass is 280 g/mol. The quantitative estimate of drug-likeness (QED) is 0.777. The van der Waals surface area contributed by atoms with Gasteiger partial charge in [-0.1, -0.05) is 6.07 Å². The number of piperazine rings is 1. The molecule has 19 heavy (non-hydrogen) atoms. The summed E-state index contributed by atoms with van der Waals surface area (Å²) in [7, 11) is 0. The third-order valence-corrected chi connectivity index (χ3v) is 3.91. The molecule has 0 unspecified atom stereocenters. The van der Waals surface area contributed by atoms with E-state index in [1.54, 1.807) is 15.9 Å². The molecular formula is C13H16N2O3S. The van der Waals surface area contributed by atoms with Gasteiger partial charge in [0.15, 0.2) is 0 Å². The Labute approximate surface area is 115 Å². The molecule has 1 fully saturated rings. The smallest absolute Gasteiger partial charge is 0.264 e. The molecule has 102 valence electrons. The second-order valence-electron chi connectivity index (χ2n) is 4.53. The van der Waals surface area contributed by atoms with Crippen molar-refractivity contribution in [2.45, 2.75) is 13.3 Å². The van der Waals surface area contributed by atoms with Crippen molar-refractivity contribution >= 4 is 28.9 Å². The van der Waals surface area contributed by atoms with Crippen LogP contribution in [0.3, 0.4) is 0 Å². The number of rotatable bonds is 3. The highest BCUT2D eigenvalue weighted by Crippen LogP contribution is 2.14. The minimum Gasteiger partial charge on any atom is -0.339 e. The van der Waals surface area contributed by atoms with Crippen molar-refractivity contribution in [3.8, 4) is 0 Å². The minimum atomic E-state index is -0.143. The third-order valence-electron chi connectivity index (χ3n) is 3.05. The minimum absolute atomic E-state index is 0.0219. The number of hydrogen-bond acceptors (Lipinski definition) is 4. The molecular weight excluding hydrogens is 264 g/mol. The largest absolute Gasteiger partial charge is 0.339 e. The fourth-order valence-corrected chi connectivity index (χ4v) is 2.73. The normalized spacial score (nSPS) is 15.4. The number of thiophene rings is 1. The van der Waals surface area contributed by atoms with Gasteiger partial charge in [-0.2, -0.15) is 0 Å². The van der Waals surface area contributed by atoms with Crippen LogP contribution in [0.5, 0.6) is 0 Å². The lowest BCUT2D eigenvalue weighted by Gasteiger charge is -2.34. The number of hydrogen-bond donors (Lipinski definition) is 0. The van der Waals surface area contributed by atoms with Gasteiger partial charge in [-0.3, -0.25) is 14.4 Å². The zero-order valence-corrected chi connectivity index (χ0v) is 11.6. The van der Waals surface area contributed by atoms with E-state index in [1.165, 1.54) is 18.3 Å². The van der Waals surface area contributed by atoms with E-state index in [2.05, 4.69) is 0 Å². The Hall–Kier alpha value is -1.69. The molecule has 1 saturated heterocycles. The first-order valence-electron chi connectivity index (χ1n) is 6.18. The van der Waals surface area contributed by atoms with Crippen LogP contribution in [-0.2, 0) is 9.59 Å². The van der Waals surface area contributed by atoms with Crippen LogP contribution < -0.4 is 0 Å². The topological polar surface area (TPSA) is 57.7 Å². The molecule has 0 radical (unpaired) electrons. The second-order valence-corrected chi connectivity index (χ2v) is 5.48. The molecule has 0 bridgehead atoms. The Bertz CT molecular complexity index is 476. The highest BCUT2D eigenvalue weighted by Gasteiger charge is 2.25. The summed E-state index contributed by atoms with van der Waals surface area (Å²) in [6, 6.07) is 3.66. The maximum Gasteiger partial charge on any atom is 0.264 e. The molecule has 0 spiro atoms. The number of amides is 2. The molecule has 2 heterocycles. The lowest BCUT2D eigenvalue weighted by Crippen LogP contribution is -2.50. The fourth-order valence-electron chi connectivity index (χ4n) is 2.04. The van der Waals surface area contributed by atoms with Crippen LogP contribution in [0.15, 0.2) is 17.5 Å². The Kier molecular flexibility index (Phi) is 4.31. The van der Waals surface area contributed by atoms with E-state index in [0.29, 0.717) is 26.2 Å². The molecule has 6 heteroatoms. The molecule has 0 N–H and O–H groups in total. The predicted molar refractivity (Wildman–Crippen MR) is 72.1 cm³/mol. The summed E-state index contributed by atoms with van der Waals surface area (Å²) in [6.45, 7) is 3.47. The maximum absolute atomic E-state index is 12.1. The molecule has 1 aromatic rings. The third kappa shape index (κ3) is 3.41. The zero-order chi connectivity index (χ0) is 13.8. The van der Waals surface area contributed by atoms with Crippen LogP contribution in [0, 0.1) is 0 Å². The van der Waals surface area contributed by atoms with Crippen molar-refractivity contribution in [2.75, 3.05) is 26.2 Å². The zero-order valence-electron chi connectivity index (χ0n) is 10.8. The fraction of sp³-hybridized carbons (Fsp3) is 0.462. The van der Waals surface area contributed by atoms with Crippen LogP contribution in [0.25, 0.3) is 0 Å². The summed E-state index contributed by atoms with van der Waals surface area (Å²) in [5.74, 6) is -0.244. The Balaban J connectivity index is 1.87. The lowest BCUT2D eigenvalue weighted by molar-refractivity contribution is -0.136. The van der Waals surface area contributed by atoms with Gasteiger partial charge in [-0.15, -0.1) is 11.3 Å². The summed E-state index contributed by atoms with van der Waals surface area (Å²) in [5.41, 5.74) is 0. The van der Waals surface area contributed by atoms with Gasteiger partial charge in [0.05, 0.1) is 11.3 Å². The molecule has 0 aliphatic carbocycles. The van der Waals surface area contributed by atoms with Gasteiger partial charge >= 0.3 is 0 Å². The molecule has 2 amide bonds. The average molecular weight is 280 g/mol. The number of nitrogens with zero attached hydrogens (tertiary/aromatic N) is 2. The van der Waals surface area contributed by atoms with E-state index < -0.39 is 0 Å². The highest BCUT2D eigenvalue weighted by molar-refractivity contribution is 7.12. The Morgan fingerprint density at radius 3 is 2.32 bits per heavy atom. The molecule has 5 nitrogen and oxygen atoms in total. The summed E-state index contributed by atoms with van der Waals surface area (Å²) < 4.78 is 0. The van der Waals surface area contributed by atoms with Crippen molar-refractivity contribution < 1.29 is 14.4 Å². The summed E-state index contributed by atoms with van der Waals surface area (Å²) in [4.78, 5) is 38.9. The summed E-state index contributed by atoms with van der Waals surface area (Å²) in [5, 5.41) is 1.87. The first kappa shape index (κ1) is 13.7. The molecule has 1 aliphatic rings. The van der Waals surface area contributed by atoms with Crippen molar-refractivity contribution in [1.82, 2.24) is 9.80 Å². The molecule has 1 aromatic heterocycles. The number of carbonyl (C=O) groups excluding carboxylic acids is 3. The Morgan fingerprint density at radius 1 is 1.16 bits per heavy atom. The lowest BCUT2D eigenvalue weighted by atomic mass is 10.2. The van der Waals surface area contributed by atoms with Crippen molar-refractivity contribution in [3.63, 3.8) is 0 Å². The van der Waals surface area contributed by atoms with E-state index in [0.717, 1.165) is 4.88 Å². The van der Waals surface area contributed by atoms with Crippen LogP contribution in [-0.4, -0.2) is 53.6 Å². The molecule has 0 saturated carbocycles. The van der Waals surface area contributed by atoms with Gasteiger partial charge in [-0.25, -0.2) is 0 Å². The number of ketones is 1.